The molecule has 0 saturated heterocycles. The van der Waals surface area contributed by atoms with Crippen molar-refractivity contribution in [1.82, 2.24) is 10.6 Å². The molecule has 0 aliphatic carbocycles. The predicted octanol–water partition coefficient (Wildman–Crippen LogP) is -5.79. The maximum atomic E-state index is 11.5. The molecule has 0 saturated carbocycles. The summed E-state index contributed by atoms with van der Waals surface area (Å²) in [4.78, 5) is 23.1. The van der Waals surface area contributed by atoms with Gasteiger partial charge in [0.25, 0.3) is 0 Å². The normalized spacial score (nSPS) is 11.0. The molecule has 0 aliphatic rings. The van der Waals surface area contributed by atoms with Gasteiger partial charge in [-0.2, -0.15) is 0 Å². The minimum Gasteiger partial charge on any atom is -1.00 e. The SMILES string of the molecule is CC(NC(=O)OCC[N+](C)(C)C)NC(=O)OCC[N+](C)(C)C.[I-].[I-]. The van der Waals surface area contributed by atoms with Crippen LogP contribution in [0.3, 0.4) is 0 Å². The zero-order valence-electron chi connectivity index (χ0n) is 15.7. The second-order valence-corrected chi connectivity index (χ2v) is 7.31. The van der Waals surface area contributed by atoms with Crippen molar-refractivity contribution in [2.24, 2.45) is 0 Å². The largest absolute Gasteiger partial charge is 1.00 e. The lowest BCUT2D eigenvalue weighted by molar-refractivity contribution is -0.870. The monoisotopic (exact) mass is 574 g/mol. The summed E-state index contributed by atoms with van der Waals surface area (Å²) in [5.74, 6) is 0. The van der Waals surface area contributed by atoms with Gasteiger partial charge in [-0.25, -0.2) is 9.59 Å². The van der Waals surface area contributed by atoms with Crippen LogP contribution in [0.2, 0.25) is 0 Å². The van der Waals surface area contributed by atoms with Crippen molar-refractivity contribution >= 4 is 12.2 Å². The summed E-state index contributed by atoms with van der Waals surface area (Å²) in [7, 11) is 12.1. The first-order valence-electron chi connectivity index (χ1n) is 7.36. The van der Waals surface area contributed by atoms with E-state index < -0.39 is 18.4 Å². The number of nitrogens with one attached hydrogen (secondary N) is 2. The number of alkyl carbamates (subject to hydrolysis) is 2. The molecule has 146 valence electrons. The Labute approximate surface area is 179 Å². The molecule has 0 fully saturated rings. The van der Waals surface area contributed by atoms with Crippen molar-refractivity contribution in [3.63, 3.8) is 0 Å². The van der Waals surface area contributed by atoms with Gasteiger partial charge in [-0.05, 0) is 6.92 Å². The van der Waals surface area contributed by atoms with Gasteiger partial charge in [-0.15, -0.1) is 0 Å². The van der Waals surface area contributed by atoms with Crippen molar-refractivity contribution in [1.29, 1.82) is 0 Å². The van der Waals surface area contributed by atoms with E-state index in [9.17, 15) is 9.59 Å². The first kappa shape index (κ1) is 28.7. The third-order valence-corrected chi connectivity index (χ3v) is 2.66. The fraction of sp³-hybridized carbons (Fsp3) is 0.857. The van der Waals surface area contributed by atoms with Gasteiger partial charge in [0.05, 0.1) is 42.3 Å². The molecule has 0 radical (unpaired) electrons. The van der Waals surface area contributed by atoms with Crippen LogP contribution < -0.4 is 58.6 Å². The summed E-state index contributed by atoms with van der Waals surface area (Å²) in [6.07, 6.45) is -1.69. The van der Waals surface area contributed by atoms with Crippen LogP contribution in [-0.4, -0.2) is 95.9 Å². The van der Waals surface area contributed by atoms with E-state index in [4.69, 9.17) is 9.47 Å². The lowest BCUT2D eigenvalue weighted by Crippen LogP contribution is -3.00. The van der Waals surface area contributed by atoms with E-state index >= 15 is 0 Å². The summed E-state index contributed by atoms with van der Waals surface area (Å²) < 4.78 is 11.5. The van der Waals surface area contributed by atoms with E-state index in [2.05, 4.69) is 10.6 Å². The Morgan fingerprint density at radius 2 is 1.08 bits per heavy atom. The van der Waals surface area contributed by atoms with Crippen LogP contribution in [0.5, 0.6) is 0 Å². The molecule has 2 N–H and O–H groups in total. The van der Waals surface area contributed by atoms with Crippen molar-refractivity contribution < 1.29 is 76.0 Å². The summed E-state index contributed by atoms with van der Waals surface area (Å²) in [5, 5.41) is 5.04. The van der Waals surface area contributed by atoms with Gasteiger partial charge in [0.2, 0.25) is 0 Å². The third kappa shape index (κ3) is 20.0. The lowest BCUT2D eigenvalue weighted by Gasteiger charge is -2.24. The Kier molecular flexibility index (Phi) is 15.8. The second-order valence-electron chi connectivity index (χ2n) is 7.31. The fourth-order valence-corrected chi connectivity index (χ4v) is 1.30. The predicted molar refractivity (Wildman–Crippen MR) is 84.2 cm³/mol. The summed E-state index contributed by atoms with van der Waals surface area (Å²) >= 11 is 0. The van der Waals surface area contributed by atoms with E-state index in [1.54, 1.807) is 6.92 Å². The van der Waals surface area contributed by atoms with Crippen molar-refractivity contribution in [2.75, 3.05) is 68.6 Å². The average molecular weight is 574 g/mol. The number of carbonyl (C=O) groups is 2. The van der Waals surface area contributed by atoms with Gasteiger partial charge in [0.15, 0.2) is 0 Å². The Morgan fingerprint density at radius 3 is 1.33 bits per heavy atom. The highest BCUT2D eigenvalue weighted by Crippen LogP contribution is 1.92. The van der Waals surface area contributed by atoms with Gasteiger partial charge in [-0.3, -0.25) is 0 Å². The molecule has 2 amide bonds. The molecule has 0 aromatic heterocycles. The molecule has 8 nitrogen and oxygen atoms in total. The van der Waals surface area contributed by atoms with Crippen molar-refractivity contribution in [3.8, 4) is 0 Å². The number of rotatable bonds is 8. The molecular formula is C14H32I2N4O4. The van der Waals surface area contributed by atoms with Crippen LogP contribution in [0.25, 0.3) is 0 Å². The molecule has 0 bridgehead atoms. The minimum atomic E-state index is -0.562. The van der Waals surface area contributed by atoms with Gasteiger partial charge in [-0.1, -0.05) is 0 Å². The number of hydrogen-bond donors (Lipinski definition) is 2. The zero-order chi connectivity index (χ0) is 17.4. The number of quaternary nitrogens is 2. The molecule has 0 aromatic rings. The van der Waals surface area contributed by atoms with Crippen LogP contribution >= 0.6 is 0 Å². The third-order valence-electron chi connectivity index (χ3n) is 2.66. The molecule has 0 aliphatic heterocycles. The van der Waals surface area contributed by atoms with Crippen molar-refractivity contribution in [3.05, 3.63) is 0 Å². The minimum absolute atomic E-state index is 0. The van der Waals surface area contributed by atoms with E-state index in [0.717, 1.165) is 0 Å². The molecule has 0 aromatic carbocycles. The molecule has 0 heterocycles. The summed E-state index contributed by atoms with van der Waals surface area (Å²) in [6, 6.07) is 0. The number of hydrogen-bond acceptors (Lipinski definition) is 4. The van der Waals surface area contributed by atoms with Crippen molar-refractivity contribution in [2.45, 2.75) is 13.1 Å². The van der Waals surface area contributed by atoms with Crippen LogP contribution in [-0.2, 0) is 9.47 Å². The van der Waals surface area contributed by atoms with Crippen LogP contribution in [0.4, 0.5) is 9.59 Å². The first-order valence-corrected chi connectivity index (χ1v) is 7.36. The van der Waals surface area contributed by atoms with Crippen LogP contribution in [0.1, 0.15) is 6.92 Å². The molecular weight excluding hydrogens is 542 g/mol. The summed E-state index contributed by atoms with van der Waals surface area (Å²) in [5.41, 5.74) is 0. The van der Waals surface area contributed by atoms with E-state index in [1.807, 2.05) is 42.3 Å². The van der Waals surface area contributed by atoms with Gasteiger partial charge in [0, 0.05) is 0 Å². The molecule has 10 heteroatoms. The number of nitrogens with zero attached hydrogens (tertiary/aromatic N) is 2. The van der Waals surface area contributed by atoms with Gasteiger partial charge >= 0.3 is 12.2 Å². The second kappa shape index (κ2) is 13.2. The highest BCUT2D eigenvalue weighted by Gasteiger charge is 2.14. The molecule has 0 unspecified atom stereocenters. The Hall–Kier alpha value is -0.0800. The number of carbonyl (C=O) groups excluding carboxylic acids is 2. The number of ether oxygens (including phenoxy) is 2. The maximum Gasteiger partial charge on any atom is 0.408 e. The molecule has 0 atom stereocenters. The maximum absolute atomic E-state index is 11.5. The van der Waals surface area contributed by atoms with E-state index in [1.165, 1.54) is 0 Å². The molecule has 0 rings (SSSR count). The topological polar surface area (TPSA) is 76.7 Å². The average Bonchev–Trinajstić information content (AvgIpc) is 2.24. The van der Waals surface area contributed by atoms with Crippen LogP contribution in [0.15, 0.2) is 0 Å². The number of likely N-dealkylation sites (N-methyl/N-ethyl adjacent to an activating group) is 2. The van der Waals surface area contributed by atoms with E-state index in [-0.39, 0.29) is 48.0 Å². The Bertz CT molecular complexity index is 337. The molecule has 24 heavy (non-hydrogen) atoms. The molecule has 0 spiro atoms. The zero-order valence-corrected chi connectivity index (χ0v) is 20.0. The van der Waals surface area contributed by atoms with Crippen LogP contribution in [0, 0.1) is 0 Å². The first-order chi connectivity index (χ1) is 9.89. The fourth-order valence-electron chi connectivity index (χ4n) is 1.30. The lowest BCUT2D eigenvalue weighted by atomic mass is 10.5. The standard InChI is InChI=1S/C14H30N4O4.2HI/c1-12(15-13(19)21-10-8-17(2,3)4)16-14(20)22-11-9-18(5,6)7;;/h12H,8-11H2,1-7H3;2*1H. The smallest absolute Gasteiger partial charge is 0.408 e. The Morgan fingerprint density at radius 1 is 0.792 bits per heavy atom. The quantitative estimate of drug-likeness (QED) is 0.172. The summed E-state index contributed by atoms with van der Waals surface area (Å²) in [6.45, 7) is 3.69. The Balaban J connectivity index is -0.00000220. The number of amides is 2. The number of halogens is 2. The van der Waals surface area contributed by atoms with Gasteiger partial charge < -0.3 is 77.0 Å². The highest BCUT2D eigenvalue weighted by atomic mass is 127. The van der Waals surface area contributed by atoms with Gasteiger partial charge in [0.1, 0.15) is 32.5 Å². The highest BCUT2D eigenvalue weighted by molar-refractivity contribution is 5.70. The van der Waals surface area contributed by atoms with E-state index in [0.29, 0.717) is 35.3 Å².